The molecule has 2 saturated heterocycles. The number of isocyanates is 1. The predicted molar refractivity (Wildman–Crippen MR) is 214 cm³/mol. The minimum atomic E-state index is -0.104. The number of nitrogens with two attached hydrogens (primary N) is 1. The number of nitrogens with zero attached hydrogens (tertiary/aromatic N) is 3. The molecule has 4 fully saturated rings. The molecule has 2 aromatic carbocycles. The van der Waals surface area contributed by atoms with Crippen molar-refractivity contribution < 1.29 is 9.59 Å². The highest BCUT2D eigenvalue weighted by atomic mass is 35.5. The van der Waals surface area contributed by atoms with E-state index in [1.165, 1.54) is 122 Å². The smallest absolute Gasteiger partial charge is 0.319 e. The van der Waals surface area contributed by atoms with E-state index in [2.05, 4.69) is 25.4 Å². The first-order valence-corrected chi connectivity index (χ1v) is 19.0. The van der Waals surface area contributed by atoms with Gasteiger partial charge in [0.05, 0.1) is 5.69 Å². The monoisotopic (exact) mass is 770 g/mol. The minimum absolute atomic E-state index is 0. The minimum Gasteiger partial charge on any atom is -0.335 e. The van der Waals surface area contributed by atoms with Crippen molar-refractivity contribution in [2.75, 3.05) is 44.6 Å². The second kappa shape index (κ2) is 25.2. The van der Waals surface area contributed by atoms with Gasteiger partial charge in [-0.2, -0.15) is 4.99 Å². The van der Waals surface area contributed by atoms with Crippen LogP contribution in [-0.2, 0) is 4.79 Å². The van der Waals surface area contributed by atoms with E-state index in [9.17, 15) is 9.59 Å². The Morgan fingerprint density at radius 3 is 1.72 bits per heavy atom. The lowest BCUT2D eigenvalue weighted by Crippen LogP contribution is -2.48. The van der Waals surface area contributed by atoms with E-state index in [0.717, 1.165) is 24.6 Å². The van der Waals surface area contributed by atoms with E-state index in [1.54, 1.807) is 36.4 Å². The number of urea groups is 1. The van der Waals surface area contributed by atoms with Gasteiger partial charge in [0.25, 0.3) is 0 Å². The summed E-state index contributed by atoms with van der Waals surface area (Å²) in [7, 11) is 0. The Morgan fingerprint density at radius 1 is 0.700 bits per heavy atom. The van der Waals surface area contributed by atoms with Gasteiger partial charge in [-0.25, -0.2) is 9.59 Å². The molecule has 2 aliphatic heterocycles. The van der Waals surface area contributed by atoms with Crippen LogP contribution < -0.4 is 16.4 Å². The summed E-state index contributed by atoms with van der Waals surface area (Å²) in [5, 5.41) is 7.44. The average Bonchev–Trinajstić information content (AvgIpc) is 3.10. The highest BCUT2D eigenvalue weighted by Crippen LogP contribution is 2.27. The first kappa shape index (κ1) is 44.3. The average molecular weight is 773 g/mol. The number of piperidine rings is 2. The van der Waals surface area contributed by atoms with Gasteiger partial charge in [-0.1, -0.05) is 61.7 Å². The zero-order valence-corrected chi connectivity index (χ0v) is 32.5. The van der Waals surface area contributed by atoms with Crippen molar-refractivity contribution >= 4 is 71.5 Å². The molecule has 12 heteroatoms. The lowest BCUT2D eigenvalue weighted by atomic mass is 9.84. The number of likely N-dealkylation sites (tertiary alicyclic amines) is 2. The summed E-state index contributed by atoms with van der Waals surface area (Å²) in [4.78, 5) is 30.7. The number of carbonyl (C=O) groups excluding carboxylic acids is 2. The molecule has 2 saturated carbocycles. The molecule has 4 N–H and O–H groups in total. The fourth-order valence-corrected chi connectivity index (χ4v) is 7.72. The van der Waals surface area contributed by atoms with Gasteiger partial charge in [0.2, 0.25) is 6.08 Å². The molecule has 4 aliphatic rings. The van der Waals surface area contributed by atoms with Gasteiger partial charge in [0.1, 0.15) is 0 Å². The Morgan fingerprint density at radius 2 is 1.18 bits per heavy atom. The number of anilines is 1. The zero-order valence-electron chi connectivity index (χ0n) is 29.4. The van der Waals surface area contributed by atoms with E-state index in [4.69, 9.17) is 28.9 Å². The molecule has 0 bridgehead atoms. The molecule has 2 amide bonds. The van der Waals surface area contributed by atoms with Crippen molar-refractivity contribution in [3.8, 4) is 0 Å². The third-order valence-electron chi connectivity index (χ3n) is 10.2. The van der Waals surface area contributed by atoms with E-state index >= 15 is 0 Å². The highest BCUT2D eigenvalue weighted by Gasteiger charge is 2.29. The molecule has 2 aliphatic carbocycles. The summed E-state index contributed by atoms with van der Waals surface area (Å²) in [5.41, 5.74) is 7.52. The number of nitrogens with one attached hydrogen (secondary N) is 2. The number of aliphatic imine (C=N–C) groups is 1. The summed E-state index contributed by atoms with van der Waals surface area (Å²) in [6, 6.07) is 14.5. The van der Waals surface area contributed by atoms with E-state index < -0.39 is 0 Å². The molecule has 2 aromatic rings. The second-order valence-electron chi connectivity index (χ2n) is 13.9. The molecule has 280 valence electrons. The van der Waals surface area contributed by atoms with Crippen molar-refractivity contribution in [2.24, 2.45) is 22.6 Å². The topological polar surface area (TPSA) is 103 Å². The van der Waals surface area contributed by atoms with Crippen LogP contribution in [0.3, 0.4) is 0 Å². The van der Waals surface area contributed by atoms with Crippen molar-refractivity contribution in [3.05, 3.63) is 58.6 Å². The zero-order chi connectivity index (χ0) is 34.0. The number of halogens is 4. The Bertz CT molecular complexity index is 1250. The lowest BCUT2D eigenvalue weighted by molar-refractivity contribution is 0.150. The van der Waals surface area contributed by atoms with Gasteiger partial charge in [0.15, 0.2) is 0 Å². The fourth-order valence-electron chi connectivity index (χ4n) is 7.46. The van der Waals surface area contributed by atoms with Crippen molar-refractivity contribution in [1.82, 2.24) is 15.1 Å². The Balaban J connectivity index is 0.000000283. The summed E-state index contributed by atoms with van der Waals surface area (Å²) < 4.78 is 0. The predicted octanol–water partition coefficient (Wildman–Crippen LogP) is 9.65. The maximum Gasteiger partial charge on any atom is 0.319 e. The van der Waals surface area contributed by atoms with Crippen molar-refractivity contribution in [2.45, 2.75) is 102 Å². The van der Waals surface area contributed by atoms with Crippen molar-refractivity contribution in [3.63, 3.8) is 0 Å². The maximum absolute atomic E-state index is 12.3. The van der Waals surface area contributed by atoms with Gasteiger partial charge < -0.3 is 26.2 Å². The molecule has 4 atom stereocenters. The molecule has 0 aromatic heterocycles. The van der Waals surface area contributed by atoms with E-state index in [1.807, 2.05) is 12.1 Å². The molecule has 0 radical (unpaired) electrons. The Labute approximate surface area is 322 Å². The van der Waals surface area contributed by atoms with Crippen LogP contribution >= 0.6 is 48.0 Å². The molecule has 6 rings (SSSR count). The van der Waals surface area contributed by atoms with E-state index in [0.29, 0.717) is 27.7 Å². The van der Waals surface area contributed by atoms with Crippen LogP contribution in [-0.4, -0.2) is 73.3 Å². The summed E-state index contributed by atoms with van der Waals surface area (Å²) in [6.45, 7) is 7.50. The third kappa shape index (κ3) is 16.6. The third-order valence-corrected chi connectivity index (χ3v) is 10.7. The van der Waals surface area contributed by atoms with Crippen LogP contribution in [0.15, 0.2) is 53.5 Å². The number of amides is 2. The first-order valence-electron chi connectivity index (χ1n) is 18.3. The summed E-state index contributed by atoms with van der Waals surface area (Å²) >= 11 is 11.5. The lowest BCUT2D eigenvalue weighted by Gasteiger charge is -2.37. The number of hydrogen-bond donors (Lipinski definition) is 3. The molecule has 2 heterocycles. The van der Waals surface area contributed by atoms with E-state index in [-0.39, 0.29) is 36.9 Å². The molecule has 8 nitrogen and oxygen atoms in total. The van der Waals surface area contributed by atoms with Gasteiger partial charge in [-0.3, -0.25) is 0 Å². The largest absolute Gasteiger partial charge is 0.335 e. The first-order chi connectivity index (χ1) is 23.4. The highest BCUT2D eigenvalue weighted by molar-refractivity contribution is 6.30. The summed E-state index contributed by atoms with van der Waals surface area (Å²) in [6.07, 6.45) is 19.9. The molecule has 0 spiro atoms. The molecular weight excluding hydrogens is 714 g/mol. The molecular formula is C38H58Cl4N6O2. The molecule has 0 unspecified atom stereocenters. The molecule has 50 heavy (non-hydrogen) atoms. The fraction of sp³-hybridized carbons (Fsp3) is 0.632. The van der Waals surface area contributed by atoms with Gasteiger partial charge in [-0.05, 0) is 138 Å². The van der Waals surface area contributed by atoms with Crippen LogP contribution in [0.5, 0.6) is 0 Å². The van der Waals surface area contributed by atoms with Crippen LogP contribution in [0, 0.1) is 11.8 Å². The van der Waals surface area contributed by atoms with Crippen LogP contribution in [0.4, 0.5) is 16.2 Å². The summed E-state index contributed by atoms with van der Waals surface area (Å²) in [5.74, 6) is 1.37. The van der Waals surface area contributed by atoms with Crippen LogP contribution in [0.25, 0.3) is 0 Å². The van der Waals surface area contributed by atoms with Gasteiger partial charge >= 0.3 is 6.03 Å². The normalized spacial score (nSPS) is 23.8. The maximum atomic E-state index is 12.3. The number of rotatable bonds is 7. The number of hydrogen-bond acceptors (Lipinski definition) is 6. The quantitative estimate of drug-likeness (QED) is 0.192. The number of carbonyl (C=O) groups is 1. The Hall–Kier alpha value is -1.87. The van der Waals surface area contributed by atoms with Gasteiger partial charge in [-0.15, -0.1) is 24.8 Å². The van der Waals surface area contributed by atoms with Crippen LogP contribution in [0.2, 0.25) is 10.0 Å². The van der Waals surface area contributed by atoms with Crippen LogP contribution in [0.1, 0.15) is 89.9 Å². The second-order valence-corrected chi connectivity index (χ2v) is 14.7. The Kier molecular flexibility index (Phi) is 22.3. The number of benzene rings is 2. The standard InChI is InChI=1S/C19H28ClN3O.C12H24N2.C7H4ClNO.2ClH/c20-16-8-10-17(11-9-16)21-19(24)22-18-7-3-2-6-15(18)14-23-12-4-1-5-13-23;13-12-7-3-2-6-11(12)10-14-8-4-1-5-9-14;8-6-1-3-7(4-2-6)9-5-10;;/h8-11,15,18H,1-7,12-14H2,(H2,21,22,24);11-12H,1-10,13H2;1-4H;2*1H/t15-,18+;11-,12+;;;/m00.../s1. The van der Waals surface area contributed by atoms with Gasteiger partial charge in [0, 0.05) is 40.9 Å². The SMILES string of the molecule is Cl.Cl.N[C@@H]1CCCC[C@H]1CN1CCCCC1.O=C(Nc1ccc(Cl)cc1)N[C@@H]1CCCC[C@H]1CN1CCCCC1.O=C=Nc1ccc(Cl)cc1. The van der Waals surface area contributed by atoms with Crippen molar-refractivity contribution in [1.29, 1.82) is 0 Å².